The van der Waals surface area contributed by atoms with E-state index in [4.69, 9.17) is 34.4 Å². The monoisotopic (exact) mass is 1880 g/mol. The first kappa shape index (κ1) is 107. The number of aliphatic carboxylic acids is 1. The number of carbonyl (C=O) groups is 18. The van der Waals surface area contributed by atoms with E-state index in [1.807, 2.05) is 67.8 Å². The first-order chi connectivity index (χ1) is 62.7. The molecule has 0 saturated carbocycles. The summed E-state index contributed by atoms with van der Waals surface area (Å²) in [4.78, 5) is 260. The number of nitrogens with two attached hydrogens (primary N) is 6. The molecule has 0 aliphatic carbocycles. The molecule has 2 fully saturated rings. The maximum absolute atomic E-state index is 15.4. The van der Waals surface area contributed by atoms with Crippen LogP contribution in [-0.4, -0.2) is 314 Å². The number of Topliss-reactive ketones (excluding diaryl/α,β-unsaturated/α-hetero) is 1. The van der Waals surface area contributed by atoms with E-state index in [-0.39, 0.29) is 109 Å². The van der Waals surface area contributed by atoms with Crippen LogP contribution in [0.25, 0.3) is 21.0 Å². The number of aliphatic hydroxyl groups is 1. The van der Waals surface area contributed by atoms with Crippen LogP contribution in [0.3, 0.4) is 0 Å². The number of carboxylic acid groups (broad SMARTS) is 1. The Balaban J connectivity index is 1.04. The highest BCUT2D eigenvalue weighted by atomic mass is 32.2. The van der Waals surface area contributed by atoms with E-state index in [0.717, 1.165) is 53.0 Å². The van der Waals surface area contributed by atoms with Crippen molar-refractivity contribution in [3.05, 3.63) is 101 Å². The highest BCUT2D eigenvalue weighted by Gasteiger charge is 2.45. The number of para-hydroxylation sites is 1. The number of unbranched alkanes of at least 4 members (excludes halogenated alkanes) is 2. The Morgan fingerprint density at radius 2 is 1.15 bits per heavy atom. The maximum Gasteiger partial charge on any atom is 0.305 e. The van der Waals surface area contributed by atoms with Gasteiger partial charge in [-0.1, -0.05) is 88.1 Å². The molecule has 44 heteroatoms. The highest BCUT2D eigenvalue weighted by Crippen LogP contribution is 2.30. The number of β-amino-alcohol motifs (C(OH)–C–C–N with tert-alkyl or cyclic N) is 1. The Bertz CT molecular complexity index is 4900. The number of aromatic nitrogens is 1. The molecule has 2 aliphatic heterocycles. The number of fused-ring (bicyclic) bond motifs is 2. The van der Waals surface area contributed by atoms with Crippen LogP contribution < -0.4 is 82.3 Å². The summed E-state index contributed by atoms with van der Waals surface area (Å²) in [5.41, 5.74) is 38.0. The minimum atomic E-state index is -1.89. The predicted octanol–water partition coefficient (Wildman–Crippen LogP) is -3.13. The van der Waals surface area contributed by atoms with Gasteiger partial charge in [-0.25, -0.2) is 0 Å². The quantitative estimate of drug-likeness (QED) is 0.0183. The fraction of sp³-hybridized carbons (Fsp3) is 0.545. The largest absolute Gasteiger partial charge is 0.508 e. The van der Waals surface area contributed by atoms with Gasteiger partial charge in [-0.3, -0.25) is 86.3 Å². The van der Waals surface area contributed by atoms with E-state index in [1.165, 1.54) is 80.4 Å². The number of hydrogen-bond acceptors (Lipinski definition) is 26. The van der Waals surface area contributed by atoms with E-state index in [2.05, 4.69) is 52.8 Å². The number of rotatable bonds is 54. The van der Waals surface area contributed by atoms with E-state index in [9.17, 15) is 87.2 Å². The van der Waals surface area contributed by atoms with Crippen LogP contribution in [-0.2, 0) is 106 Å². The molecule has 4 heterocycles. The SMILES string of the molecule is CCCC[C@@H](C(=O)N(C)[C@@H](CCCC)C(=O)N[C@@H](CCCN)C(=O)N[C@@H](CSCC(=O)N[C@@H](Cc1ccc(O)cc1)C(=O)N(C)[C@@H](C)C(=O)N[C@@H](CC(=O)O)C(=O)N1CCC[C@H]1C(=O)N[C@@H](CN)C(=O)N[C@@H](CCC(N)=O)C(=O)N1C[C@H](O)C[C@H]1C(C)=O)C(=O)NCC(N)=O)N(C)C(=O)[C@H](Cc1csc2ccccc12)NC(=O)[C@H](CCN)NC(=O)[C@@H](N)Cc1c[nH]c2ccccc12. The molecular formula is C88H127N21O21S2. The smallest absolute Gasteiger partial charge is 0.305 e. The normalized spacial score (nSPS) is 16.9. The van der Waals surface area contributed by atoms with Crippen molar-refractivity contribution in [3.8, 4) is 5.75 Å². The minimum Gasteiger partial charge on any atom is -0.508 e. The minimum absolute atomic E-state index is 0.0104. The fourth-order valence-corrected chi connectivity index (χ4v) is 17.6. The Morgan fingerprint density at radius 3 is 1.79 bits per heavy atom. The molecule has 7 rings (SSSR count). The van der Waals surface area contributed by atoms with Crippen molar-refractivity contribution in [1.29, 1.82) is 0 Å². The number of likely N-dealkylation sites (tertiary alicyclic amines) is 2. The van der Waals surface area contributed by atoms with E-state index < -0.39 is 234 Å². The number of aliphatic hydroxyl groups excluding tert-OH is 1. The lowest BCUT2D eigenvalue weighted by Gasteiger charge is -2.36. The zero-order chi connectivity index (χ0) is 97.3. The van der Waals surface area contributed by atoms with E-state index in [0.29, 0.717) is 36.8 Å². The summed E-state index contributed by atoms with van der Waals surface area (Å²) >= 11 is 2.19. The number of thioether (sulfide) groups is 1. The van der Waals surface area contributed by atoms with E-state index >= 15 is 14.4 Å². The number of hydrogen-bond donors (Lipinski definition) is 19. The molecule has 16 amide bonds. The van der Waals surface area contributed by atoms with Crippen molar-refractivity contribution in [2.45, 2.75) is 234 Å². The standard InChI is InChI=1S/C88H127N21O21S2/c1-8-10-22-67(106(6)88(130)69(23-11-9-2)107(7)85(127)63(38-52-45-132-71-25-15-13-19-56(52)71)102-80(122)60(32-34-90)98-77(119)57(92)37-51-42-95-58-20-14-12-18-55(51)58)82(124)99-59(21-16-33-89)79(121)104-66(78(120)96-43-73(94)114)46-131-47-74(115)97-62(36-50-26-28-53(111)29-27-50)84(126)105(5)48(3)76(118)101-64(40-75(116)117)87(129)108-35-17-24-68(108)83(125)103-65(41-91)81(123)100-61(30-31-72(93)113)86(128)109-44-54(112)39-70(109)49(4)110/h12-15,18-20,25-29,42,45,48,54,57,59-70,95,111-112H,8-11,16-17,21-24,30-41,43-44,46-47,89-92H2,1-7H3,(H2,93,113)(H2,94,114)(H,96,120)(H,97,115)(H,98,119)(H,99,124)(H,100,123)(H,101,118)(H,102,122)(H,103,125)(H,104,121)(H,116,117)/t48-,54+,57-,59-,60-,61-,62-,63-,64-,65-,66-,67-,68-,69-,70-/m0/s1. The number of aromatic amines is 1. The predicted molar refractivity (Wildman–Crippen MR) is 490 cm³/mol. The van der Waals surface area contributed by atoms with Gasteiger partial charge in [0.1, 0.15) is 78.3 Å². The third-order valence-corrected chi connectivity index (χ3v) is 25.3. The lowest BCUT2D eigenvalue weighted by molar-refractivity contribution is -0.149. The molecule has 2 saturated heterocycles. The molecule has 722 valence electrons. The maximum atomic E-state index is 15.4. The fourth-order valence-electron chi connectivity index (χ4n) is 15.7. The van der Waals surface area contributed by atoms with Crippen molar-refractivity contribution in [2.24, 2.45) is 34.4 Å². The molecule has 0 unspecified atom stereocenters. The average molecular weight is 1880 g/mol. The number of ketones is 1. The van der Waals surface area contributed by atoms with Crippen LogP contribution in [0.4, 0.5) is 0 Å². The van der Waals surface area contributed by atoms with Crippen molar-refractivity contribution in [1.82, 2.24) is 77.3 Å². The first-order valence-corrected chi connectivity index (χ1v) is 46.1. The molecule has 3 aromatic carbocycles. The second-order valence-corrected chi connectivity index (χ2v) is 35.1. The summed E-state index contributed by atoms with van der Waals surface area (Å²) in [6, 6.07) is 0.725. The number of aromatic hydroxyl groups is 1. The molecule has 0 bridgehead atoms. The summed E-state index contributed by atoms with van der Waals surface area (Å²) in [6.45, 7) is 4.45. The van der Waals surface area contributed by atoms with Crippen LogP contribution in [0, 0.1) is 0 Å². The Labute approximate surface area is 772 Å². The number of likely N-dealkylation sites (N-methyl/N-ethyl adjacent to an activating group) is 3. The third kappa shape index (κ3) is 30.7. The van der Waals surface area contributed by atoms with Gasteiger partial charge in [-0.15, -0.1) is 23.1 Å². The summed E-state index contributed by atoms with van der Waals surface area (Å²) in [5, 5.41) is 57.4. The number of carboxylic acids is 1. The van der Waals surface area contributed by atoms with Crippen LogP contribution in [0.1, 0.15) is 141 Å². The molecule has 0 spiro atoms. The Morgan fingerprint density at radius 1 is 0.568 bits per heavy atom. The summed E-state index contributed by atoms with van der Waals surface area (Å²) in [5.74, 6) is -17.1. The van der Waals surface area contributed by atoms with Gasteiger partial charge in [0.05, 0.1) is 36.9 Å². The van der Waals surface area contributed by atoms with Crippen molar-refractivity contribution < 1.29 is 102 Å². The number of nitrogens with one attached hydrogen (secondary N) is 10. The zero-order valence-corrected chi connectivity index (χ0v) is 77.0. The molecule has 2 aliphatic rings. The lowest BCUT2D eigenvalue weighted by Crippen LogP contribution is -2.61. The van der Waals surface area contributed by atoms with E-state index in [1.54, 1.807) is 6.20 Å². The number of nitrogens with zero attached hydrogens (tertiary/aromatic N) is 5. The Hall–Kier alpha value is -12.2. The lowest BCUT2D eigenvalue weighted by atomic mass is 9.99. The molecule has 132 heavy (non-hydrogen) atoms. The third-order valence-electron chi connectivity index (χ3n) is 23.3. The molecule has 2 aromatic heterocycles. The molecule has 5 aromatic rings. The highest BCUT2D eigenvalue weighted by molar-refractivity contribution is 8.00. The number of phenolic OH excluding ortho intramolecular Hbond substituents is 1. The van der Waals surface area contributed by atoms with Gasteiger partial charge in [0.2, 0.25) is 94.5 Å². The summed E-state index contributed by atoms with van der Waals surface area (Å²) in [6.07, 6.45) is 0.732. The zero-order valence-electron chi connectivity index (χ0n) is 75.3. The molecule has 25 N–H and O–H groups in total. The first-order valence-electron chi connectivity index (χ1n) is 44.1. The van der Waals surface area contributed by atoms with Gasteiger partial charge in [-0.2, -0.15) is 0 Å². The number of primary amides is 2. The second-order valence-electron chi connectivity index (χ2n) is 33.1. The number of amides is 16. The Kier molecular flexibility index (Phi) is 42.2. The van der Waals surface area contributed by atoms with Crippen molar-refractivity contribution in [2.75, 3.05) is 71.9 Å². The van der Waals surface area contributed by atoms with Crippen LogP contribution in [0.5, 0.6) is 5.75 Å². The number of phenols is 1. The second kappa shape index (κ2) is 52.1. The molecule has 15 atom stereocenters. The average Bonchev–Trinajstić information content (AvgIpc) is 1.30. The van der Waals surface area contributed by atoms with Gasteiger partial charge >= 0.3 is 5.97 Å². The van der Waals surface area contributed by atoms with Gasteiger partial charge in [-0.05, 0) is 136 Å². The molecule has 0 radical (unpaired) electrons. The number of benzene rings is 3. The van der Waals surface area contributed by atoms with Gasteiger partial charge < -0.3 is 127 Å². The summed E-state index contributed by atoms with van der Waals surface area (Å²) in [7, 11) is 4.00. The van der Waals surface area contributed by atoms with Crippen LogP contribution in [0.2, 0.25) is 0 Å². The summed E-state index contributed by atoms with van der Waals surface area (Å²) < 4.78 is 0.903. The van der Waals surface area contributed by atoms with Crippen LogP contribution in [0.15, 0.2) is 84.4 Å². The van der Waals surface area contributed by atoms with Crippen molar-refractivity contribution in [3.63, 3.8) is 0 Å². The van der Waals surface area contributed by atoms with Gasteiger partial charge in [0, 0.05) is 94.0 Å². The van der Waals surface area contributed by atoms with Crippen LogP contribution >= 0.6 is 23.1 Å². The van der Waals surface area contributed by atoms with Gasteiger partial charge in [0.25, 0.3) is 0 Å². The molecule has 42 nitrogen and oxygen atoms in total. The number of thiophene rings is 1. The topological polar surface area (TPSA) is 664 Å². The molecular weight excluding hydrogens is 1750 g/mol. The van der Waals surface area contributed by atoms with Crippen molar-refractivity contribution >= 4 is 150 Å². The van der Waals surface area contributed by atoms with Gasteiger partial charge in [0.15, 0.2) is 5.78 Å². The number of carbonyl (C=O) groups excluding carboxylic acids is 17. The number of H-pyrrole nitrogens is 1.